The van der Waals surface area contributed by atoms with Gasteiger partial charge in [0.05, 0.1) is 30.8 Å². The molecule has 84 valence electrons. The average molecular weight is 210 g/mol. The topological polar surface area (TPSA) is 60.4 Å². The van der Waals surface area contributed by atoms with E-state index in [0.717, 1.165) is 24.8 Å². The molecule has 1 fully saturated rings. The minimum atomic E-state index is 0.174. The van der Waals surface area contributed by atoms with Gasteiger partial charge in [0.1, 0.15) is 0 Å². The third-order valence-corrected chi connectivity index (χ3v) is 2.96. The number of hydrazine groups is 1. The molecule has 1 aliphatic heterocycles. The van der Waals surface area contributed by atoms with Crippen molar-refractivity contribution in [3.8, 4) is 0 Å². The Morgan fingerprint density at radius 3 is 3.00 bits per heavy atom. The van der Waals surface area contributed by atoms with E-state index < -0.39 is 0 Å². The summed E-state index contributed by atoms with van der Waals surface area (Å²) in [4.78, 5) is 0. The largest absolute Gasteiger partial charge is 0.472 e. The van der Waals surface area contributed by atoms with Crippen molar-refractivity contribution in [2.24, 2.45) is 5.84 Å². The van der Waals surface area contributed by atoms with Crippen LogP contribution in [-0.4, -0.2) is 18.2 Å². The summed E-state index contributed by atoms with van der Waals surface area (Å²) in [5.41, 5.74) is 3.99. The van der Waals surface area contributed by atoms with Crippen LogP contribution in [0.5, 0.6) is 0 Å². The Hall–Kier alpha value is -0.840. The average Bonchev–Trinajstić information content (AvgIpc) is 2.85. The summed E-state index contributed by atoms with van der Waals surface area (Å²) in [6, 6.07) is 2.13. The van der Waals surface area contributed by atoms with Crippen molar-refractivity contribution in [1.82, 2.24) is 5.43 Å². The number of rotatable bonds is 4. The molecule has 1 aromatic rings. The highest BCUT2D eigenvalue weighted by Gasteiger charge is 2.29. The fourth-order valence-electron chi connectivity index (χ4n) is 2.09. The molecule has 1 saturated heterocycles. The lowest BCUT2D eigenvalue weighted by atomic mass is 10.0. The normalized spacial score (nSPS) is 28.1. The number of hydrogen-bond acceptors (Lipinski definition) is 4. The van der Waals surface area contributed by atoms with Gasteiger partial charge in [0.2, 0.25) is 0 Å². The molecule has 1 aliphatic rings. The van der Waals surface area contributed by atoms with Gasteiger partial charge in [0, 0.05) is 0 Å². The van der Waals surface area contributed by atoms with Crippen molar-refractivity contribution in [1.29, 1.82) is 0 Å². The summed E-state index contributed by atoms with van der Waals surface area (Å²) in [6.07, 6.45) is 7.06. The van der Waals surface area contributed by atoms with Gasteiger partial charge < -0.3 is 9.15 Å². The van der Waals surface area contributed by atoms with Crippen LogP contribution in [-0.2, 0) is 11.2 Å². The number of furan rings is 1. The van der Waals surface area contributed by atoms with E-state index in [4.69, 9.17) is 15.0 Å². The van der Waals surface area contributed by atoms with Gasteiger partial charge in [-0.1, -0.05) is 0 Å². The summed E-state index contributed by atoms with van der Waals surface area (Å²) < 4.78 is 10.8. The molecule has 0 aromatic carbocycles. The second-order valence-corrected chi connectivity index (χ2v) is 4.17. The number of nitrogens with two attached hydrogens (primary N) is 1. The number of ether oxygens (including phenoxy) is 1. The lowest BCUT2D eigenvalue weighted by Gasteiger charge is -2.22. The van der Waals surface area contributed by atoms with Crippen molar-refractivity contribution in [2.75, 3.05) is 0 Å². The molecular weight excluding hydrogens is 192 g/mol. The lowest BCUT2D eigenvalue weighted by molar-refractivity contribution is 0.0320. The van der Waals surface area contributed by atoms with Crippen molar-refractivity contribution in [3.05, 3.63) is 24.2 Å². The first-order valence-electron chi connectivity index (χ1n) is 5.42. The first-order valence-corrected chi connectivity index (χ1v) is 5.42. The highest BCUT2D eigenvalue weighted by atomic mass is 16.5. The maximum Gasteiger partial charge on any atom is 0.0935 e. The zero-order chi connectivity index (χ0) is 10.7. The van der Waals surface area contributed by atoms with E-state index in [1.54, 1.807) is 12.5 Å². The summed E-state index contributed by atoms with van der Waals surface area (Å²) in [6.45, 7) is 2.10. The van der Waals surface area contributed by atoms with E-state index in [1.165, 1.54) is 0 Å². The summed E-state index contributed by atoms with van der Waals surface area (Å²) in [5, 5.41) is 0. The molecule has 0 amide bonds. The molecular formula is C11H18N2O2. The van der Waals surface area contributed by atoms with Crippen molar-refractivity contribution < 1.29 is 9.15 Å². The van der Waals surface area contributed by atoms with Crippen LogP contribution in [0.4, 0.5) is 0 Å². The summed E-state index contributed by atoms with van der Waals surface area (Å²) in [5.74, 6) is 5.55. The molecule has 1 aromatic heterocycles. The quantitative estimate of drug-likeness (QED) is 0.579. The molecule has 0 saturated carbocycles. The van der Waals surface area contributed by atoms with Gasteiger partial charge in [-0.2, -0.15) is 0 Å². The predicted octanol–water partition coefficient (Wildman–Crippen LogP) is 1.22. The highest BCUT2D eigenvalue weighted by molar-refractivity contribution is 5.08. The zero-order valence-corrected chi connectivity index (χ0v) is 8.98. The number of hydrogen-bond donors (Lipinski definition) is 2. The summed E-state index contributed by atoms with van der Waals surface area (Å²) in [7, 11) is 0. The first kappa shape index (κ1) is 10.7. The van der Waals surface area contributed by atoms with E-state index in [9.17, 15) is 0 Å². The molecule has 3 unspecified atom stereocenters. The van der Waals surface area contributed by atoms with E-state index in [-0.39, 0.29) is 12.1 Å². The van der Waals surface area contributed by atoms with Crippen LogP contribution in [0.25, 0.3) is 0 Å². The Kier molecular flexibility index (Phi) is 3.41. The molecule has 4 heteroatoms. The van der Waals surface area contributed by atoms with Gasteiger partial charge in [0.15, 0.2) is 0 Å². The third kappa shape index (κ3) is 2.59. The predicted molar refractivity (Wildman–Crippen MR) is 57.1 cm³/mol. The maximum atomic E-state index is 5.79. The minimum Gasteiger partial charge on any atom is -0.472 e. The number of nitrogens with one attached hydrogen (secondary N) is 1. The lowest BCUT2D eigenvalue weighted by Crippen LogP contribution is -2.45. The van der Waals surface area contributed by atoms with Crippen molar-refractivity contribution >= 4 is 0 Å². The van der Waals surface area contributed by atoms with Crippen LogP contribution < -0.4 is 11.3 Å². The standard InChI is InChI=1S/C11H18N2O2/c1-8-2-3-11(15-8)10(13-12)6-9-4-5-14-7-9/h4-5,7-8,10-11,13H,2-3,6,12H2,1H3. The molecule has 15 heavy (non-hydrogen) atoms. The van der Waals surface area contributed by atoms with E-state index >= 15 is 0 Å². The van der Waals surface area contributed by atoms with Gasteiger partial charge in [0.25, 0.3) is 0 Å². The smallest absolute Gasteiger partial charge is 0.0935 e. The van der Waals surface area contributed by atoms with Crippen LogP contribution >= 0.6 is 0 Å². The third-order valence-electron chi connectivity index (χ3n) is 2.96. The summed E-state index contributed by atoms with van der Waals surface area (Å²) >= 11 is 0. The van der Waals surface area contributed by atoms with Gasteiger partial charge >= 0.3 is 0 Å². The van der Waals surface area contributed by atoms with Gasteiger partial charge in [-0.3, -0.25) is 11.3 Å². The monoisotopic (exact) mass is 210 g/mol. The molecule has 0 spiro atoms. The van der Waals surface area contributed by atoms with Crippen LogP contribution in [0.15, 0.2) is 23.0 Å². The molecule has 2 heterocycles. The van der Waals surface area contributed by atoms with Crippen LogP contribution in [0.1, 0.15) is 25.3 Å². The van der Waals surface area contributed by atoms with Crippen LogP contribution in [0, 0.1) is 0 Å². The zero-order valence-electron chi connectivity index (χ0n) is 8.98. The maximum absolute atomic E-state index is 5.79. The molecule has 0 radical (unpaired) electrons. The van der Waals surface area contributed by atoms with Gasteiger partial charge in [-0.05, 0) is 37.8 Å². The Morgan fingerprint density at radius 1 is 1.60 bits per heavy atom. The molecule has 0 aliphatic carbocycles. The SMILES string of the molecule is CC1CCC(C(Cc2ccoc2)NN)O1. The highest BCUT2D eigenvalue weighted by Crippen LogP contribution is 2.23. The molecule has 2 rings (SSSR count). The van der Waals surface area contributed by atoms with E-state index in [2.05, 4.69) is 12.3 Å². The van der Waals surface area contributed by atoms with Gasteiger partial charge in [-0.25, -0.2) is 0 Å². The van der Waals surface area contributed by atoms with Crippen molar-refractivity contribution in [2.45, 2.75) is 44.4 Å². The Morgan fingerprint density at radius 2 is 2.47 bits per heavy atom. The molecule has 3 N–H and O–H groups in total. The Labute approximate surface area is 89.7 Å². The first-order chi connectivity index (χ1) is 7.29. The molecule has 4 nitrogen and oxygen atoms in total. The van der Waals surface area contributed by atoms with Crippen molar-refractivity contribution in [3.63, 3.8) is 0 Å². The molecule has 0 bridgehead atoms. The second kappa shape index (κ2) is 4.79. The molecule has 3 atom stereocenters. The van der Waals surface area contributed by atoms with E-state index in [1.807, 2.05) is 6.07 Å². The second-order valence-electron chi connectivity index (χ2n) is 4.17. The Bertz CT molecular complexity index is 287. The fourth-order valence-corrected chi connectivity index (χ4v) is 2.09. The van der Waals surface area contributed by atoms with Gasteiger partial charge in [-0.15, -0.1) is 0 Å². The van der Waals surface area contributed by atoms with Crippen LogP contribution in [0.3, 0.4) is 0 Å². The Balaban J connectivity index is 1.92. The fraction of sp³-hybridized carbons (Fsp3) is 0.636. The minimum absolute atomic E-state index is 0.174. The van der Waals surface area contributed by atoms with E-state index in [0.29, 0.717) is 6.10 Å². The van der Waals surface area contributed by atoms with Crippen LogP contribution in [0.2, 0.25) is 0 Å².